The highest BCUT2D eigenvalue weighted by atomic mass is 15.1. The first-order valence-electron chi connectivity index (χ1n) is 13.1. The van der Waals surface area contributed by atoms with Crippen LogP contribution in [0.3, 0.4) is 0 Å². The van der Waals surface area contributed by atoms with Gasteiger partial charge in [-0.05, 0) is 96.1 Å². The maximum absolute atomic E-state index is 3.54. The smallest absolute Gasteiger partial charge is 0.0463 e. The third-order valence-electron chi connectivity index (χ3n) is 6.61. The second-order valence-electron chi connectivity index (χ2n) is 9.32. The van der Waals surface area contributed by atoms with E-state index in [1.807, 2.05) is 30.3 Å². The van der Waals surface area contributed by atoms with Gasteiger partial charge in [0.25, 0.3) is 0 Å². The molecule has 0 spiro atoms. The third kappa shape index (κ3) is 5.84. The van der Waals surface area contributed by atoms with E-state index in [9.17, 15) is 0 Å². The summed E-state index contributed by atoms with van der Waals surface area (Å²) in [6.07, 6.45) is 0. The van der Waals surface area contributed by atoms with Gasteiger partial charge in [0.2, 0.25) is 0 Å². The van der Waals surface area contributed by atoms with Crippen LogP contribution in [-0.4, -0.2) is 0 Å². The lowest BCUT2D eigenvalue weighted by Gasteiger charge is -2.25. The number of para-hydroxylation sites is 3. The number of benzene rings is 6. The van der Waals surface area contributed by atoms with Crippen molar-refractivity contribution in [2.45, 2.75) is 0 Å². The third-order valence-corrected chi connectivity index (χ3v) is 6.61. The van der Waals surface area contributed by atoms with Crippen LogP contribution < -0.4 is 15.5 Å². The first-order valence-corrected chi connectivity index (χ1v) is 13.1. The highest BCUT2D eigenvalue weighted by Crippen LogP contribution is 2.35. The lowest BCUT2D eigenvalue weighted by atomic mass is 10.0. The molecule has 0 atom stereocenters. The maximum atomic E-state index is 3.54. The van der Waals surface area contributed by atoms with E-state index >= 15 is 0 Å². The maximum Gasteiger partial charge on any atom is 0.0463 e. The van der Waals surface area contributed by atoms with Crippen LogP contribution >= 0.6 is 0 Å². The number of hydrogen-bond donors (Lipinski definition) is 2. The predicted molar refractivity (Wildman–Crippen MR) is 166 cm³/mol. The van der Waals surface area contributed by atoms with E-state index < -0.39 is 0 Å². The number of rotatable bonds is 8. The Morgan fingerprint density at radius 1 is 0.282 bits per heavy atom. The van der Waals surface area contributed by atoms with Crippen LogP contribution in [0.1, 0.15) is 0 Å². The summed E-state index contributed by atoms with van der Waals surface area (Å²) in [6, 6.07) is 56.8. The molecule has 6 aromatic rings. The van der Waals surface area contributed by atoms with Crippen LogP contribution in [0.4, 0.5) is 39.8 Å². The van der Waals surface area contributed by atoms with Crippen LogP contribution in [-0.2, 0) is 0 Å². The van der Waals surface area contributed by atoms with E-state index in [1.165, 1.54) is 11.1 Å². The van der Waals surface area contributed by atoms with Gasteiger partial charge in [-0.2, -0.15) is 0 Å². The molecule has 3 heteroatoms. The molecule has 2 N–H and O–H groups in total. The molecule has 0 amide bonds. The zero-order valence-corrected chi connectivity index (χ0v) is 21.5. The summed E-state index contributed by atoms with van der Waals surface area (Å²) in [4.78, 5) is 2.26. The van der Waals surface area contributed by atoms with E-state index in [0.29, 0.717) is 0 Å². The lowest BCUT2D eigenvalue weighted by molar-refractivity contribution is 1.28. The molecule has 0 radical (unpaired) electrons. The van der Waals surface area contributed by atoms with Crippen LogP contribution in [0.2, 0.25) is 0 Å². The van der Waals surface area contributed by atoms with E-state index in [0.717, 1.165) is 39.8 Å². The molecule has 0 aliphatic carbocycles. The minimum atomic E-state index is 1.05. The summed E-state index contributed by atoms with van der Waals surface area (Å²) in [5, 5.41) is 6.97. The Bertz CT molecular complexity index is 1560. The Morgan fingerprint density at radius 3 is 1.00 bits per heavy atom. The van der Waals surface area contributed by atoms with Crippen molar-refractivity contribution in [3.8, 4) is 11.1 Å². The number of nitrogens with one attached hydrogen (secondary N) is 2. The van der Waals surface area contributed by atoms with Crippen molar-refractivity contribution in [3.63, 3.8) is 0 Å². The Labute approximate surface area is 230 Å². The summed E-state index contributed by atoms with van der Waals surface area (Å²) in [5.41, 5.74) is 9.99. The Kier molecular flexibility index (Phi) is 7.04. The van der Waals surface area contributed by atoms with Gasteiger partial charge < -0.3 is 15.5 Å². The fourth-order valence-corrected chi connectivity index (χ4v) is 4.64. The first kappa shape index (κ1) is 24.1. The molecule has 0 saturated carbocycles. The summed E-state index contributed by atoms with van der Waals surface area (Å²) < 4.78 is 0. The van der Waals surface area contributed by atoms with Gasteiger partial charge in [0.05, 0.1) is 0 Å². The molecular weight excluding hydrogens is 474 g/mol. The van der Waals surface area contributed by atoms with Gasteiger partial charge in [-0.3, -0.25) is 0 Å². The van der Waals surface area contributed by atoms with E-state index in [1.54, 1.807) is 0 Å². The summed E-state index contributed by atoms with van der Waals surface area (Å²) in [6.45, 7) is 0. The Morgan fingerprint density at radius 2 is 0.590 bits per heavy atom. The average Bonchev–Trinajstić information content (AvgIpc) is 3.01. The fraction of sp³-hybridized carbons (Fsp3) is 0. The van der Waals surface area contributed by atoms with Crippen molar-refractivity contribution in [1.29, 1.82) is 0 Å². The zero-order chi connectivity index (χ0) is 26.3. The number of anilines is 7. The van der Waals surface area contributed by atoms with Crippen molar-refractivity contribution in [2.24, 2.45) is 0 Å². The van der Waals surface area contributed by atoms with Gasteiger partial charge in [-0.1, -0.05) is 78.9 Å². The fourth-order valence-electron chi connectivity index (χ4n) is 4.64. The number of nitrogens with zero attached hydrogens (tertiary/aromatic N) is 1. The summed E-state index contributed by atoms with van der Waals surface area (Å²) >= 11 is 0. The highest BCUT2D eigenvalue weighted by Gasteiger charge is 2.11. The SMILES string of the molecule is c1ccc(Nc2ccc(-c3ccc(Nc4ccc(N(c5ccccc5)c5ccccc5)cc4)cc3)cc2)cc1. The second kappa shape index (κ2) is 11.4. The Balaban J connectivity index is 1.14. The molecule has 0 saturated heterocycles. The molecular formula is C36H29N3. The average molecular weight is 504 g/mol. The first-order chi connectivity index (χ1) is 19.3. The van der Waals surface area contributed by atoms with Gasteiger partial charge in [-0.15, -0.1) is 0 Å². The largest absolute Gasteiger partial charge is 0.356 e. The Hall–Kier alpha value is -5.28. The normalized spacial score (nSPS) is 10.6. The standard InChI is InChI=1S/C36H29N3/c1-4-10-30(11-5-1)37-31-20-16-28(17-21-31)29-18-22-32(23-19-29)38-33-24-26-36(27-25-33)39(34-12-6-2-7-13-34)35-14-8-3-9-15-35/h1-27,37-38H. The molecule has 39 heavy (non-hydrogen) atoms. The van der Waals surface area contributed by atoms with Gasteiger partial charge >= 0.3 is 0 Å². The summed E-state index contributed by atoms with van der Waals surface area (Å²) in [7, 11) is 0. The molecule has 0 fully saturated rings. The van der Waals surface area contributed by atoms with E-state index in [4.69, 9.17) is 0 Å². The zero-order valence-electron chi connectivity index (χ0n) is 21.5. The van der Waals surface area contributed by atoms with Crippen molar-refractivity contribution < 1.29 is 0 Å². The van der Waals surface area contributed by atoms with Crippen molar-refractivity contribution in [1.82, 2.24) is 0 Å². The van der Waals surface area contributed by atoms with Crippen LogP contribution in [0.15, 0.2) is 164 Å². The molecule has 0 unspecified atom stereocenters. The van der Waals surface area contributed by atoms with Gasteiger partial charge in [0.15, 0.2) is 0 Å². The molecule has 6 aromatic carbocycles. The minimum Gasteiger partial charge on any atom is -0.356 e. The quantitative estimate of drug-likeness (QED) is 0.216. The van der Waals surface area contributed by atoms with Crippen molar-refractivity contribution in [2.75, 3.05) is 15.5 Å². The molecule has 0 bridgehead atoms. The summed E-state index contributed by atoms with van der Waals surface area (Å²) in [5.74, 6) is 0. The molecule has 0 heterocycles. The highest BCUT2D eigenvalue weighted by molar-refractivity contribution is 5.78. The second-order valence-corrected chi connectivity index (χ2v) is 9.32. The molecule has 0 aliphatic heterocycles. The van der Waals surface area contributed by atoms with Crippen LogP contribution in [0.5, 0.6) is 0 Å². The molecule has 0 aliphatic rings. The van der Waals surface area contributed by atoms with Gasteiger partial charge in [0, 0.05) is 39.8 Å². The topological polar surface area (TPSA) is 27.3 Å². The molecule has 3 nitrogen and oxygen atoms in total. The van der Waals surface area contributed by atoms with Crippen LogP contribution in [0.25, 0.3) is 11.1 Å². The molecule has 188 valence electrons. The molecule has 6 rings (SSSR count). The van der Waals surface area contributed by atoms with Gasteiger partial charge in [0.1, 0.15) is 0 Å². The van der Waals surface area contributed by atoms with E-state index in [-0.39, 0.29) is 0 Å². The van der Waals surface area contributed by atoms with Gasteiger partial charge in [-0.25, -0.2) is 0 Å². The van der Waals surface area contributed by atoms with Crippen molar-refractivity contribution in [3.05, 3.63) is 164 Å². The lowest BCUT2D eigenvalue weighted by Crippen LogP contribution is -2.09. The van der Waals surface area contributed by atoms with Crippen molar-refractivity contribution >= 4 is 39.8 Å². The molecule has 0 aromatic heterocycles. The minimum absolute atomic E-state index is 1.05. The van der Waals surface area contributed by atoms with Crippen LogP contribution in [0, 0.1) is 0 Å². The van der Waals surface area contributed by atoms with E-state index in [2.05, 4.69) is 149 Å². The predicted octanol–water partition coefficient (Wildman–Crippen LogP) is 10.3. The number of hydrogen-bond acceptors (Lipinski definition) is 3. The monoisotopic (exact) mass is 503 g/mol.